The Morgan fingerprint density at radius 2 is 2.04 bits per heavy atom. The highest BCUT2D eigenvalue weighted by Crippen LogP contribution is 2.32. The average Bonchev–Trinajstić information content (AvgIpc) is 3.13. The quantitative estimate of drug-likeness (QED) is 0.793. The molecule has 1 aliphatic rings. The summed E-state index contributed by atoms with van der Waals surface area (Å²) in [6, 6.07) is 13.1. The fourth-order valence-corrected chi connectivity index (χ4v) is 2.83. The summed E-state index contributed by atoms with van der Waals surface area (Å²) in [7, 11) is 1.53. The maximum absolute atomic E-state index is 12.8. The summed E-state index contributed by atoms with van der Waals surface area (Å²) in [5, 5.41) is 3.68. The minimum Gasteiger partial charge on any atom is -0.494 e. The van der Waals surface area contributed by atoms with Crippen LogP contribution in [0.2, 0.25) is 0 Å². The smallest absolute Gasteiger partial charge is 0.256 e. The van der Waals surface area contributed by atoms with Gasteiger partial charge in [0.25, 0.3) is 5.91 Å². The van der Waals surface area contributed by atoms with Crippen molar-refractivity contribution < 1.29 is 19.0 Å². The van der Waals surface area contributed by atoms with Crippen LogP contribution in [0.25, 0.3) is 10.9 Å². The minimum absolute atomic E-state index is 0.215. The van der Waals surface area contributed by atoms with Gasteiger partial charge < -0.3 is 19.5 Å². The first-order chi connectivity index (χ1) is 12.3. The van der Waals surface area contributed by atoms with Crippen LogP contribution in [0.1, 0.15) is 15.9 Å². The zero-order valence-corrected chi connectivity index (χ0v) is 13.6. The van der Waals surface area contributed by atoms with Crippen molar-refractivity contribution in [2.45, 2.75) is 6.54 Å². The Morgan fingerprint density at radius 3 is 2.92 bits per heavy atom. The molecular formula is C19H16N2O4. The Hall–Kier alpha value is -3.28. The van der Waals surface area contributed by atoms with Gasteiger partial charge in [0.2, 0.25) is 6.79 Å². The van der Waals surface area contributed by atoms with Gasteiger partial charge in [0.15, 0.2) is 17.2 Å². The van der Waals surface area contributed by atoms with Crippen LogP contribution in [0.4, 0.5) is 0 Å². The summed E-state index contributed by atoms with van der Waals surface area (Å²) < 4.78 is 16.0. The van der Waals surface area contributed by atoms with Crippen LogP contribution in [0, 0.1) is 0 Å². The lowest BCUT2D eigenvalue weighted by Gasteiger charge is -2.12. The van der Waals surface area contributed by atoms with Gasteiger partial charge in [0, 0.05) is 11.9 Å². The van der Waals surface area contributed by atoms with Crippen molar-refractivity contribution in [1.29, 1.82) is 0 Å². The van der Waals surface area contributed by atoms with E-state index < -0.39 is 0 Å². The summed E-state index contributed by atoms with van der Waals surface area (Å²) in [6.07, 6.45) is 1.57. The number of hydrogen-bond donors (Lipinski definition) is 1. The van der Waals surface area contributed by atoms with Crippen LogP contribution >= 0.6 is 0 Å². The van der Waals surface area contributed by atoms with E-state index >= 15 is 0 Å². The number of para-hydroxylation sites is 1. The Bertz CT molecular complexity index is 955. The lowest BCUT2D eigenvalue weighted by molar-refractivity contribution is 0.0949. The molecule has 0 radical (unpaired) electrons. The molecule has 3 aromatic rings. The first kappa shape index (κ1) is 15.3. The summed E-state index contributed by atoms with van der Waals surface area (Å²) in [5.74, 6) is 1.64. The molecule has 0 fully saturated rings. The van der Waals surface area contributed by atoms with Crippen molar-refractivity contribution in [3.63, 3.8) is 0 Å². The molecule has 2 aromatic carbocycles. The molecular weight excluding hydrogens is 320 g/mol. The highest BCUT2D eigenvalue weighted by Gasteiger charge is 2.18. The van der Waals surface area contributed by atoms with Crippen LogP contribution in [-0.4, -0.2) is 24.8 Å². The van der Waals surface area contributed by atoms with Crippen molar-refractivity contribution in [3.8, 4) is 17.2 Å². The average molecular weight is 336 g/mol. The van der Waals surface area contributed by atoms with Crippen LogP contribution < -0.4 is 19.5 Å². The number of amides is 1. The summed E-state index contributed by atoms with van der Waals surface area (Å²) in [4.78, 5) is 17.1. The van der Waals surface area contributed by atoms with Crippen molar-refractivity contribution in [2.75, 3.05) is 13.9 Å². The second-order valence-electron chi connectivity index (χ2n) is 5.59. The maximum Gasteiger partial charge on any atom is 0.256 e. The first-order valence-corrected chi connectivity index (χ1v) is 7.85. The van der Waals surface area contributed by atoms with Gasteiger partial charge in [-0.1, -0.05) is 24.3 Å². The van der Waals surface area contributed by atoms with E-state index in [1.807, 2.05) is 42.5 Å². The summed E-state index contributed by atoms with van der Waals surface area (Å²) in [5.41, 5.74) is 2.15. The van der Waals surface area contributed by atoms with E-state index in [1.54, 1.807) is 6.20 Å². The Labute approximate surface area is 144 Å². The molecule has 0 atom stereocenters. The number of pyridine rings is 1. The molecule has 6 nitrogen and oxygen atoms in total. The van der Waals surface area contributed by atoms with Crippen molar-refractivity contribution in [2.24, 2.45) is 0 Å². The van der Waals surface area contributed by atoms with E-state index in [1.165, 1.54) is 7.11 Å². The number of rotatable bonds is 4. The molecule has 0 saturated carbocycles. The fraction of sp³-hybridized carbons (Fsp3) is 0.158. The first-order valence-electron chi connectivity index (χ1n) is 7.85. The molecule has 2 heterocycles. The van der Waals surface area contributed by atoms with Crippen LogP contribution in [0.15, 0.2) is 48.7 Å². The second kappa shape index (κ2) is 6.32. The number of hydrogen-bond acceptors (Lipinski definition) is 5. The molecule has 4 rings (SSSR count). The third-order valence-corrected chi connectivity index (χ3v) is 4.08. The van der Waals surface area contributed by atoms with Gasteiger partial charge in [-0.2, -0.15) is 0 Å². The van der Waals surface area contributed by atoms with E-state index in [0.717, 1.165) is 22.2 Å². The van der Waals surface area contributed by atoms with E-state index in [4.69, 9.17) is 14.2 Å². The van der Waals surface area contributed by atoms with Crippen molar-refractivity contribution >= 4 is 16.8 Å². The SMILES string of the molecule is COc1cnc2ccccc2c1C(=O)NCc1ccc2c(c1)OCO2. The number of methoxy groups -OCH3 is 1. The molecule has 0 bridgehead atoms. The molecule has 1 N–H and O–H groups in total. The Kier molecular flexibility index (Phi) is 3.85. The molecule has 126 valence electrons. The number of benzene rings is 2. The van der Waals surface area contributed by atoms with E-state index in [-0.39, 0.29) is 12.7 Å². The number of carbonyl (C=O) groups excluding carboxylic acids is 1. The molecule has 25 heavy (non-hydrogen) atoms. The normalized spacial score (nSPS) is 12.2. The molecule has 0 unspecified atom stereocenters. The van der Waals surface area contributed by atoms with Crippen molar-refractivity contribution in [3.05, 3.63) is 59.8 Å². The molecule has 1 amide bonds. The molecule has 0 spiro atoms. The van der Waals surface area contributed by atoms with Gasteiger partial charge in [0.1, 0.15) is 0 Å². The predicted molar refractivity (Wildman–Crippen MR) is 92.0 cm³/mol. The number of ether oxygens (including phenoxy) is 3. The van der Waals surface area contributed by atoms with Gasteiger partial charge in [-0.25, -0.2) is 0 Å². The van der Waals surface area contributed by atoms with Gasteiger partial charge in [-0.15, -0.1) is 0 Å². The van der Waals surface area contributed by atoms with Gasteiger partial charge in [-0.05, 0) is 23.8 Å². The maximum atomic E-state index is 12.8. The monoisotopic (exact) mass is 336 g/mol. The third-order valence-electron chi connectivity index (χ3n) is 4.08. The van der Waals surface area contributed by atoms with Crippen molar-refractivity contribution in [1.82, 2.24) is 10.3 Å². The molecule has 0 saturated heterocycles. The molecule has 0 aliphatic carbocycles. The minimum atomic E-state index is -0.215. The lowest BCUT2D eigenvalue weighted by atomic mass is 10.1. The standard InChI is InChI=1S/C19H16N2O4/c1-23-17-10-20-14-5-3-2-4-13(14)18(17)19(22)21-9-12-6-7-15-16(8-12)25-11-24-15/h2-8,10H,9,11H2,1H3,(H,21,22). The fourth-order valence-electron chi connectivity index (χ4n) is 2.83. The molecule has 6 heteroatoms. The van der Waals surface area contributed by atoms with Crippen LogP contribution in [0.5, 0.6) is 17.2 Å². The molecule has 1 aliphatic heterocycles. The number of nitrogens with zero attached hydrogens (tertiary/aromatic N) is 1. The van der Waals surface area contributed by atoms with Gasteiger partial charge >= 0.3 is 0 Å². The summed E-state index contributed by atoms with van der Waals surface area (Å²) in [6.45, 7) is 0.598. The Morgan fingerprint density at radius 1 is 1.20 bits per heavy atom. The summed E-state index contributed by atoms with van der Waals surface area (Å²) >= 11 is 0. The second-order valence-corrected chi connectivity index (χ2v) is 5.59. The van der Waals surface area contributed by atoms with Gasteiger partial charge in [-0.3, -0.25) is 9.78 Å². The zero-order valence-electron chi connectivity index (χ0n) is 13.6. The lowest BCUT2D eigenvalue weighted by Crippen LogP contribution is -2.23. The van der Waals surface area contributed by atoms with Gasteiger partial charge in [0.05, 0.1) is 24.4 Å². The number of aromatic nitrogens is 1. The number of fused-ring (bicyclic) bond motifs is 2. The zero-order chi connectivity index (χ0) is 17.2. The number of carbonyl (C=O) groups is 1. The molecule has 1 aromatic heterocycles. The number of nitrogens with one attached hydrogen (secondary N) is 1. The topological polar surface area (TPSA) is 69.7 Å². The Balaban J connectivity index is 1.60. The largest absolute Gasteiger partial charge is 0.494 e. The van der Waals surface area contributed by atoms with Crippen LogP contribution in [0.3, 0.4) is 0 Å². The highest BCUT2D eigenvalue weighted by molar-refractivity contribution is 6.08. The van der Waals surface area contributed by atoms with E-state index in [9.17, 15) is 4.79 Å². The van der Waals surface area contributed by atoms with E-state index in [2.05, 4.69) is 10.3 Å². The predicted octanol–water partition coefficient (Wildman–Crippen LogP) is 2.90. The third kappa shape index (κ3) is 2.82. The van der Waals surface area contributed by atoms with E-state index in [0.29, 0.717) is 23.6 Å². The van der Waals surface area contributed by atoms with Crippen LogP contribution in [-0.2, 0) is 6.54 Å². The highest BCUT2D eigenvalue weighted by atomic mass is 16.7.